The van der Waals surface area contributed by atoms with Crippen molar-refractivity contribution in [2.24, 2.45) is 0 Å². The Morgan fingerprint density at radius 3 is 2.07 bits per heavy atom. The number of rotatable bonds is 5. The van der Waals surface area contributed by atoms with Crippen LogP contribution in [0.15, 0.2) is 84.2 Å². The first-order chi connectivity index (χ1) is 13.2. The molecule has 0 atom stereocenters. The van der Waals surface area contributed by atoms with Crippen molar-refractivity contribution in [1.29, 1.82) is 0 Å². The minimum atomic E-state index is 0.981. The zero-order valence-corrected chi connectivity index (χ0v) is 16.2. The molecule has 0 spiro atoms. The minimum absolute atomic E-state index is 0.981. The predicted octanol–water partition coefficient (Wildman–Crippen LogP) is 6.29. The second-order valence-electron chi connectivity index (χ2n) is 6.31. The van der Waals surface area contributed by atoms with Gasteiger partial charge >= 0.3 is 0 Å². The van der Waals surface area contributed by atoms with Gasteiger partial charge in [-0.05, 0) is 35.4 Å². The zero-order valence-electron chi connectivity index (χ0n) is 15.4. The van der Waals surface area contributed by atoms with Crippen molar-refractivity contribution in [2.75, 3.05) is 24.3 Å². The van der Waals surface area contributed by atoms with Crippen LogP contribution in [0.5, 0.6) is 0 Å². The highest BCUT2D eigenvalue weighted by molar-refractivity contribution is 7.14. The SMILES string of the molecule is CNc1ccc(N(C)c2nc(-c3ccc(-c4ccccc4)cc3)cs2)cc1. The van der Waals surface area contributed by atoms with Crippen LogP contribution < -0.4 is 10.2 Å². The van der Waals surface area contributed by atoms with Crippen molar-refractivity contribution < 1.29 is 0 Å². The van der Waals surface area contributed by atoms with E-state index in [1.807, 2.05) is 13.1 Å². The normalized spacial score (nSPS) is 10.6. The van der Waals surface area contributed by atoms with Crippen molar-refractivity contribution in [3.8, 4) is 22.4 Å². The third-order valence-corrected chi connectivity index (χ3v) is 5.53. The van der Waals surface area contributed by atoms with Crippen LogP contribution in [0.1, 0.15) is 0 Å². The van der Waals surface area contributed by atoms with E-state index in [2.05, 4.69) is 95.4 Å². The quantitative estimate of drug-likeness (QED) is 0.447. The molecule has 4 rings (SSSR count). The first-order valence-electron chi connectivity index (χ1n) is 8.87. The van der Waals surface area contributed by atoms with Crippen molar-refractivity contribution in [1.82, 2.24) is 4.98 Å². The number of nitrogens with zero attached hydrogens (tertiary/aromatic N) is 2. The van der Waals surface area contributed by atoms with Gasteiger partial charge in [-0.25, -0.2) is 4.98 Å². The summed E-state index contributed by atoms with van der Waals surface area (Å²) in [5.74, 6) is 0. The molecule has 134 valence electrons. The number of hydrogen-bond donors (Lipinski definition) is 1. The Kier molecular flexibility index (Phi) is 4.90. The maximum absolute atomic E-state index is 4.83. The summed E-state index contributed by atoms with van der Waals surface area (Å²) in [6.45, 7) is 0. The monoisotopic (exact) mass is 371 g/mol. The lowest BCUT2D eigenvalue weighted by molar-refractivity contribution is 1.17. The summed E-state index contributed by atoms with van der Waals surface area (Å²) in [5.41, 5.74) is 6.81. The average molecular weight is 372 g/mol. The summed E-state index contributed by atoms with van der Waals surface area (Å²) >= 11 is 1.66. The second-order valence-corrected chi connectivity index (χ2v) is 7.15. The van der Waals surface area contributed by atoms with E-state index in [4.69, 9.17) is 4.98 Å². The summed E-state index contributed by atoms with van der Waals surface area (Å²) in [4.78, 5) is 6.95. The summed E-state index contributed by atoms with van der Waals surface area (Å²) in [5, 5.41) is 6.24. The number of nitrogens with one attached hydrogen (secondary N) is 1. The maximum Gasteiger partial charge on any atom is 0.190 e. The fraction of sp³-hybridized carbons (Fsp3) is 0.0870. The molecule has 0 aliphatic heterocycles. The lowest BCUT2D eigenvalue weighted by Crippen LogP contribution is -2.08. The number of aromatic nitrogens is 1. The van der Waals surface area contributed by atoms with Crippen LogP contribution in [0.3, 0.4) is 0 Å². The molecule has 3 aromatic carbocycles. The number of benzene rings is 3. The van der Waals surface area contributed by atoms with E-state index in [1.54, 1.807) is 11.3 Å². The third-order valence-electron chi connectivity index (χ3n) is 4.61. The van der Waals surface area contributed by atoms with Gasteiger partial charge in [0.2, 0.25) is 0 Å². The molecule has 0 aliphatic carbocycles. The standard InChI is InChI=1S/C23H21N3S/c1-24-20-12-14-21(15-13-20)26(2)23-25-22(16-27-23)19-10-8-18(9-11-19)17-6-4-3-5-7-17/h3-16,24H,1-2H3. The van der Waals surface area contributed by atoms with Gasteiger partial charge in [0.25, 0.3) is 0 Å². The summed E-state index contributed by atoms with van der Waals surface area (Å²) in [6.07, 6.45) is 0. The molecule has 3 nitrogen and oxygen atoms in total. The molecule has 1 N–H and O–H groups in total. The molecule has 0 amide bonds. The molecule has 0 bridgehead atoms. The lowest BCUT2D eigenvalue weighted by atomic mass is 10.0. The molecule has 27 heavy (non-hydrogen) atoms. The number of anilines is 3. The van der Waals surface area contributed by atoms with Crippen LogP contribution in [0, 0.1) is 0 Å². The molecule has 0 aliphatic rings. The predicted molar refractivity (Wildman–Crippen MR) is 117 cm³/mol. The first-order valence-corrected chi connectivity index (χ1v) is 9.75. The fourth-order valence-electron chi connectivity index (χ4n) is 2.98. The highest BCUT2D eigenvalue weighted by Crippen LogP contribution is 2.32. The maximum atomic E-state index is 4.83. The Morgan fingerprint density at radius 1 is 0.778 bits per heavy atom. The van der Waals surface area contributed by atoms with E-state index in [1.165, 1.54) is 11.1 Å². The summed E-state index contributed by atoms with van der Waals surface area (Å²) in [6, 6.07) is 27.4. The Balaban J connectivity index is 1.55. The van der Waals surface area contributed by atoms with Crippen molar-refractivity contribution in [2.45, 2.75) is 0 Å². The molecular weight excluding hydrogens is 350 g/mol. The van der Waals surface area contributed by atoms with Crippen LogP contribution >= 0.6 is 11.3 Å². The summed E-state index contributed by atoms with van der Waals surface area (Å²) < 4.78 is 0. The largest absolute Gasteiger partial charge is 0.388 e. The van der Waals surface area contributed by atoms with Gasteiger partial charge < -0.3 is 10.2 Å². The van der Waals surface area contributed by atoms with E-state index < -0.39 is 0 Å². The van der Waals surface area contributed by atoms with Gasteiger partial charge in [-0.1, -0.05) is 54.6 Å². The van der Waals surface area contributed by atoms with Gasteiger partial charge in [-0.15, -0.1) is 11.3 Å². The Hall–Kier alpha value is -3.11. The summed E-state index contributed by atoms with van der Waals surface area (Å²) in [7, 11) is 3.98. The molecule has 0 unspecified atom stereocenters. The van der Waals surface area contributed by atoms with E-state index in [0.29, 0.717) is 0 Å². The fourth-order valence-corrected chi connectivity index (χ4v) is 3.80. The molecule has 4 aromatic rings. The van der Waals surface area contributed by atoms with Crippen molar-refractivity contribution in [3.63, 3.8) is 0 Å². The Morgan fingerprint density at radius 2 is 1.41 bits per heavy atom. The number of thiazole rings is 1. The van der Waals surface area contributed by atoms with Crippen LogP contribution in [-0.4, -0.2) is 19.1 Å². The zero-order chi connectivity index (χ0) is 18.6. The van der Waals surface area contributed by atoms with Gasteiger partial charge in [0.05, 0.1) is 5.69 Å². The highest BCUT2D eigenvalue weighted by Gasteiger charge is 2.10. The van der Waals surface area contributed by atoms with Gasteiger partial charge in [0, 0.05) is 36.4 Å². The first kappa shape index (κ1) is 17.3. The molecule has 1 aromatic heterocycles. The average Bonchev–Trinajstić information content (AvgIpc) is 3.24. The Bertz CT molecular complexity index is 1010. The molecule has 4 heteroatoms. The van der Waals surface area contributed by atoms with Crippen LogP contribution in [0.25, 0.3) is 22.4 Å². The van der Waals surface area contributed by atoms with Crippen LogP contribution in [0.4, 0.5) is 16.5 Å². The smallest absolute Gasteiger partial charge is 0.190 e. The molecule has 1 heterocycles. The third kappa shape index (κ3) is 3.71. The van der Waals surface area contributed by atoms with Crippen LogP contribution in [0.2, 0.25) is 0 Å². The lowest BCUT2D eigenvalue weighted by Gasteiger charge is -2.16. The molecule has 0 radical (unpaired) electrons. The van der Waals surface area contributed by atoms with Crippen molar-refractivity contribution >= 4 is 27.8 Å². The van der Waals surface area contributed by atoms with Gasteiger partial charge in [0.1, 0.15) is 0 Å². The second kappa shape index (κ2) is 7.64. The van der Waals surface area contributed by atoms with Gasteiger partial charge in [-0.2, -0.15) is 0 Å². The Labute approximate surface area is 164 Å². The van der Waals surface area contributed by atoms with Crippen LogP contribution in [-0.2, 0) is 0 Å². The topological polar surface area (TPSA) is 28.2 Å². The molecule has 0 fully saturated rings. The van der Waals surface area contributed by atoms with E-state index in [9.17, 15) is 0 Å². The van der Waals surface area contributed by atoms with Crippen molar-refractivity contribution in [3.05, 3.63) is 84.2 Å². The molecular formula is C23H21N3S. The molecule has 0 saturated heterocycles. The molecule has 0 saturated carbocycles. The van der Waals surface area contributed by atoms with E-state index in [0.717, 1.165) is 27.8 Å². The highest BCUT2D eigenvalue weighted by atomic mass is 32.1. The van der Waals surface area contributed by atoms with E-state index in [-0.39, 0.29) is 0 Å². The van der Waals surface area contributed by atoms with Gasteiger partial charge in [-0.3, -0.25) is 0 Å². The number of hydrogen-bond acceptors (Lipinski definition) is 4. The van der Waals surface area contributed by atoms with E-state index >= 15 is 0 Å². The minimum Gasteiger partial charge on any atom is -0.388 e. The van der Waals surface area contributed by atoms with Gasteiger partial charge in [0.15, 0.2) is 5.13 Å².